The molecule has 94 valence electrons. The Bertz CT molecular complexity index is 433. The van der Waals surface area contributed by atoms with Crippen LogP contribution < -0.4 is 0 Å². The Balaban J connectivity index is 2.97. The van der Waals surface area contributed by atoms with E-state index in [4.69, 9.17) is 5.11 Å². The van der Waals surface area contributed by atoms with Crippen LogP contribution in [0.25, 0.3) is 5.76 Å². The molecule has 8 heteroatoms. The zero-order chi connectivity index (χ0) is 13.3. The van der Waals surface area contributed by atoms with Crippen LogP contribution >= 0.6 is 11.3 Å². The van der Waals surface area contributed by atoms with E-state index < -0.39 is 23.6 Å². The standard InChI is InChI=1S/C9H5F5O2S/c10-8(11,9(12,13)14)7(16)3-6(15)5-1-2-17-4-5/h1-4,15H/b6-3-. The Hall–Kier alpha value is -1.44. The molecule has 1 N–H and O–H groups in total. The van der Waals surface area contributed by atoms with Crippen molar-refractivity contribution in [3.05, 3.63) is 28.5 Å². The molecule has 17 heavy (non-hydrogen) atoms. The Morgan fingerprint density at radius 2 is 1.88 bits per heavy atom. The van der Waals surface area contributed by atoms with Gasteiger partial charge in [-0.2, -0.15) is 33.3 Å². The van der Waals surface area contributed by atoms with E-state index in [0.717, 1.165) is 11.3 Å². The summed E-state index contributed by atoms with van der Waals surface area (Å²) in [5, 5.41) is 11.9. The normalized spacial score (nSPS) is 13.8. The summed E-state index contributed by atoms with van der Waals surface area (Å²) in [6.45, 7) is 0. The molecule has 0 aromatic carbocycles. The molecule has 1 heterocycles. The van der Waals surface area contributed by atoms with E-state index in [1.54, 1.807) is 0 Å². The molecule has 2 nitrogen and oxygen atoms in total. The lowest BCUT2D eigenvalue weighted by Gasteiger charge is -2.16. The van der Waals surface area contributed by atoms with E-state index in [-0.39, 0.29) is 11.6 Å². The van der Waals surface area contributed by atoms with Crippen LogP contribution in [-0.2, 0) is 4.79 Å². The maximum atomic E-state index is 12.5. The number of carbonyl (C=O) groups excluding carboxylic acids is 1. The predicted molar refractivity (Wildman–Crippen MR) is 50.9 cm³/mol. The Morgan fingerprint density at radius 1 is 1.29 bits per heavy atom. The number of rotatable bonds is 3. The fraction of sp³-hybridized carbons (Fsp3) is 0.222. The maximum absolute atomic E-state index is 12.5. The van der Waals surface area contributed by atoms with Gasteiger partial charge in [0.2, 0.25) is 5.78 Å². The smallest absolute Gasteiger partial charge is 0.461 e. The molecule has 0 aliphatic carbocycles. The van der Waals surface area contributed by atoms with Gasteiger partial charge in [-0.25, -0.2) is 0 Å². The summed E-state index contributed by atoms with van der Waals surface area (Å²) in [4.78, 5) is 10.7. The van der Waals surface area contributed by atoms with Gasteiger partial charge >= 0.3 is 12.1 Å². The van der Waals surface area contributed by atoms with Crippen molar-refractivity contribution in [1.29, 1.82) is 0 Å². The van der Waals surface area contributed by atoms with Crippen LogP contribution in [0.15, 0.2) is 22.9 Å². The maximum Gasteiger partial charge on any atom is 0.461 e. The number of carbonyl (C=O) groups is 1. The largest absolute Gasteiger partial charge is 0.507 e. The predicted octanol–water partition coefficient (Wildman–Crippen LogP) is 3.41. The van der Waals surface area contributed by atoms with E-state index in [9.17, 15) is 26.7 Å². The second-order valence-electron chi connectivity index (χ2n) is 2.98. The summed E-state index contributed by atoms with van der Waals surface area (Å²) >= 11 is 1.09. The minimum atomic E-state index is -5.98. The summed E-state index contributed by atoms with van der Waals surface area (Å²) in [6, 6.07) is 1.27. The Morgan fingerprint density at radius 3 is 2.29 bits per heavy atom. The number of aliphatic hydroxyl groups excluding tert-OH is 1. The minimum absolute atomic E-state index is 0.00123. The lowest BCUT2D eigenvalue weighted by Crippen LogP contribution is -2.43. The highest BCUT2D eigenvalue weighted by atomic mass is 32.1. The number of hydrogen-bond acceptors (Lipinski definition) is 3. The molecule has 0 amide bonds. The molecular weight excluding hydrogens is 267 g/mol. The molecule has 0 saturated heterocycles. The second-order valence-corrected chi connectivity index (χ2v) is 3.76. The summed E-state index contributed by atoms with van der Waals surface area (Å²) in [5.74, 6) is -8.94. The second kappa shape index (κ2) is 4.44. The van der Waals surface area contributed by atoms with Gasteiger partial charge in [-0.1, -0.05) is 0 Å². The monoisotopic (exact) mass is 272 g/mol. The number of halogens is 5. The molecule has 0 aliphatic heterocycles. The minimum Gasteiger partial charge on any atom is -0.507 e. The SMILES string of the molecule is O=C(/C=C(\O)c1ccsc1)C(F)(F)C(F)(F)F. The van der Waals surface area contributed by atoms with E-state index in [1.165, 1.54) is 16.8 Å². The van der Waals surface area contributed by atoms with Crippen molar-refractivity contribution in [1.82, 2.24) is 0 Å². The number of ketones is 1. The zero-order valence-electron chi connectivity index (χ0n) is 7.96. The van der Waals surface area contributed by atoms with Crippen molar-refractivity contribution < 1.29 is 31.9 Å². The first-order valence-corrected chi connectivity index (χ1v) is 5.02. The van der Waals surface area contributed by atoms with Crippen LogP contribution in [0.4, 0.5) is 22.0 Å². The van der Waals surface area contributed by atoms with E-state index in [0.29, 0.717) is 0 Å². The van der Waals surface area contributed by atoms with E-state index in [1.807, 2.05) is 0 Å². The van der Waals surface area contributed by atoms with Gasteiger partial charge in [-0.05, 0) is 11.4 Å². The van der Waals surface area contributed by atoms with Crippen molar-refractivity contribution in [3.8, 4) is 0 Å². The van der Waals surface area contributed by atoms with E-state index in [2.05, 4.69) is 0 Å². The number of alkyl halides is 5. The molecular formula is C9H5F5O2S. The highest BCUT2D eigenvalue weighted by molar-refractivity contribution is 7.08. The van der Waals surface area contributed by atoms with Gasteiger partial charge in [0, 0.05) is 17.0 Å². The third-order valence-corrected chi connectivity index (χ3v) is 2.43. The molecule has 1 aromatic rings. The lowest BCUT2D eigenvalue weighted by molar-refractivity contribution is -0.266. The molecule has 0 atom stereocenters. The molecule has 1 rings (SSSR count). The topological polar surface area (TPSA) is 37.3 Å². The number of allylic oxidation sites excluding steroid dienone is 1. The molecule has 0 aliphatic rings. The van der Waals surface area contributed by atoms with Gasteiger partial charge in [0.05, 0.1) is 0 Å². The molecule has 0 fully saturated rings. The third kappa shape index (κ3) is 2.82. The molecule has 0 spiro atoms. The average molecular weight is 272 g/mol. The number of hydrogen-bond donors (Lipinski definition) is 1. The fourth-order valence-corrected chi connectivity index (χ4v) is 1.50. The van der Waals surface area contributed by atoms with Crippen molar-refractivity contribution in [3.63, 3.8) is 0 Å². The van der Waals surface area contributed by atoms with Crippen LogP contribution in [0, 0.1) is 0 Å². The van der Waals surface area contributed by atoms with Gasteiger partial charge in [0.15, 0.2) is 0 Å². The number of aliphatic hydroxyl groups is 1. The van der Waals surface area contributed by atoms with Gasteiger partial charge in [0.1, 0.15) is 5.76 Å². The highest BCUT2D eigenvalue weighted by Crippen LogP contribution is 2.36. The zero-order valence-corrected chi connectivity index (χ0v) is 8.78. The molecule has 1 aromatic heterocycles. The van der Waals surface area contributed by atoms with Gasteiger partial charge in [-0.15, -0.1) is 0 Å². The highest BCUT2D eigenvalue weighted by Gasteiger charge is 2.62. The fourth-order valence-electron chi connectivity index (χ4n) is 0.848. The van der Waals surface area contributed by atoms with Crippen LogP contribution in [0.2, 0.25) is 0 Å². The molecule has 0 saturated carbocycles. The number of thiophene rings is 1. The van der Waals surface area contributed by atoms with Gasteiger partial charge in [0.25, 0.3) is 0 Å². The van der Waals surface area contributed by atoms with E-state index >= 15 is 0 Å². The van der Waals surface area contributed by atoms with Gasteiger partial charge < -0.3 is 5.11 Å². The van der Waals surface area contributed by atoms with Gasteiger partial charge in [-0.3, -0.25) is 4.79 Å². The lowest BCUT2D eigenvalue weighted by atomic mass is 10.1. The average Bonchev–Trinajstić information content (AvgIpc) is 2.68. The Labute approximate surface area is 96.0 Å². The van der Waals surface area contributed by atoms with Crippen LogP contribution in [0.3, 0.4) is 0 Å². The van der Waals surface area contributed by atoms with Crippen molar-refractivity contribution in [2.75, 3.05) is 0 Å². The first-order valence-electron chi connectivity index (χ1n) is 4.08. The van der Waals surface area contributed by atoms with Crippen molar-refractivity contribution >= 4 is 22.9 Å². The first kappa shape index (κ1) is 13.6. The van der Waals surface area contributed by atoms with Crippen LogP contribution in [0.5, 0.6) is 0 Å². The summed E-state index contributed by atoms with van der Waals surface area (Å²) in [7, 11) is 0. The summed E-state index contributed by atoms with van der Waals surface area (Å²) in [5.41, 5.74) is 0.00123. The Kier molecular flexibility index (Phi) is 3.56. The molecule has 0 unspecified atom stereocenters. The molecule has 0 bridgehead atoms. The summed E-state index contributed by atoms with van der Waals surface area (Å²) in [6.07, 6.45) is -6.11. The van der Waals surface area contributed by atoms with Crippen LogP contribution in [0.1, 0.15) is 5.56 Å². The molecule has 0 radical (unpaired) electrons. The van der Waals surface area contributed by atoms with Crippen LogP contribution in [-0.4, -0.2) is 23.0 Å². The summed E-state index contributed by atoms with van der Waals surface area (Å²) < 4.78 is 60.4. The quantitative estimate of drug-likeness (QED) is 0.520. The first-order chi connectivity index (χ1) is 7.66. The van der Waals surface area contributed by atoms with Crippen molar-refractivity contribution in [2.24, 2.45) is 0 Å². The van der Waals surface area contributed by atoms with Crippen molar-refractivity contribution in [2.45, 2.75) is 12.1 Å². The third-order valence-electron chi connectivity index (χ3n) is 1.75.